The molecule has 1 saturated heterocycles. The summed E-state index contributed by atoms with van der Waals surface area (Å²) in [5.41, 5.74) is 1.32. The van der Waals surface area contributed by atoms with Gasteiger partial charge in [0.1, 0.15) is 5.82 Å². The third kappa shape index (κ3) is 2.93. The van der Waals surface area contributed by atoms with Gasteiger partial charge in [0.25, 0.3) is 0 Å². The molecule has 0 aromatic carbocycles. The molecule has 0 aliphatic carbocycles. The minimum Gasteiger partial charge on any atom is -0.478 e. The van der Waals surface area contributed by atoms with Crippen LogP contribution < -0.4 is 4.90 Å². The normalized spacial score (nSPS) is 16.3. The summed E-state index contributed by atoms with van der Waals surface area (Å²) in [6, 6.07) is 7.58. The highest BCUT2D eigenvalue weighted by atomic mass is 16.5. The van der Waals surface area contributed by atoms with Crippen LogP contribution in [-0.2, 0) is 4.74 Å². The highest BCUT2D eigenvalue weighted by molar-refractivity contribution is 5.88. The van der Waals surface area contributed by atoms with Gasteiger partial charge < -0.3 is 19.1 Å². The summed E-state index contributed by atoms with van der Waals surface area (Å²) in [6.07, 6.45) is 1.70. The molecule has 22 heavy (non-hydrogen) atoms. The molecule has 2 aromatic heterocycles. The van der Waals surface area contributed by atoms with Gasteiger partial charge >= 0.3 is 5.97 Å². The first-order valence-electron chi connectivity index (χ1n) is 7.49. The maximum absolute atomic E-state index is 11.2. The van der Waals surface area contributed by atoms with E-state index in [9.17, 15) is 4.79 Å². The molecule has 0 spiro atoms. The minimum atomic E-state index is -0.897. The molecule has 6 nitrogen and oxygen atoms in total. The number of hydrogen-bond acceptors (Lipinski definition) is 4. The van der Waals surface area contributed by atoms with Crippen LogP contribution in [-0.4, -0.2) is 66.8 Å². The Morgan fingerprint density at radius 3 is 2.59 bits per heavy atom. The van der Waals surface area contributed by atoms with E-state index in [1.807, 2.05) is 16.5 Å². The van der Waals surface area contributed by atoms with Crippen molar-refractivity contribution in [2.24, 2.45) is 0 Å². The average molecular weight is 303 g/mol. The van der Waals surface area contributed by atoms with Crippen LogP contribution in [0.5, 0.6) is 0 Å². The average Bonchev–Trinajstić information content (AvgIpc) is 2.96. The number of hydrogen-bond donors (Lipinski definition) is 1. The van der Waals surface area contributed by atoms with E-state index in [4.69, 9.17) is 9.84 Å². The summed E-state index contributed by atoms with van der Waals surface area (Å²) in [6.45, 7) is 5.59. The monoisotopic (exact) mass is 303 g/mol. The van der Waals surface area contributed by atoms with Crippen LogP contribution in [0.3, 0.4) is 0 Å². The van der Waals surface area contributed by atoms with Gasteiger partial charge in [0, 0.05) is 51.5 Å². The molecule has 1 N–H and O–H groups in total. The largest absolute Gasteiger partial charge is 0.478 e. The summed E-state index contributed by atoms with van der Waals surface area (Å²) >= 11 is 0. The molecule has 2 aromatic rings. The van der Waals surface area contributed by atoms with Crippen molar-refractivity contribution in [2.45, 2.75) is 0 Å². The van der Waals surface area contributed by atoms with Crippen LogP contribution in [0.1, 0.15) is 10.4 Å². The van der Waals surface area contributed by atoms with E-state index in [-0.39, 0.29) is 0 Å². The van der Waals surface area contributed by atoms with Crippen LogP contribution in [0.15, 0.2) is 30.5 Å². The number of anilines is 1. The van der Waals surface area contributed by atoms with E-state index in [0.717, 1.165) is 50.7 Å². The molecule has 0 amide bonds. The van der Waals surface area contributed by atoms with Crippen molar-refractivity contribution in [3.8, 4) is 0 Å². The number of carbonyl (C=O) groups is 1. The summed E-state index contributed by atoms with van der Waals surface area (Å²) in [7, 11) is 1.73. The van der Waals surface area contributed by atoms with E-state index >= 15 is 0 Å². The number of aromatic nitrogens is 1. The molecule has 3 rings (SSSR count). The molecule has 1 fully saturated rings. The lowest BCUT2D eigenvalue weighted by Crippen LogP contribution is -2.47. The second-order valence-electron chi connectivity index (χ2n) is 5.53. The number of rotatable bonds is 5. The molecule has 6 heteroatoms. The van der Waals surface area contributed by atoms with Gasteiger partial charge in [-0.25, -0.2) is 4.79 Å². The number of carboxylic acids is 1. The van der Waals surface area contributed by atoms with E-state index in [2.05, 4.69) is 15.9 Å². The number of piperazine rings is 1. The van der Waals surface area contributed by atoms with Crippen molar-refractivity contribution in [3.05, 3.63) is 36.0 Å². The Balaban J connectivity index is 1.76. The Hall–Kier alpha value is -2.05. The third-order valence-corrected chi connectivity index (χ3v) is 4.18. The maximum Gasteiger partial charge on any atom is 0.337 e. The molecular weight excluding hydrogens is 282 g/mol. The van der Waals surface area contributed by atoms with E-state index in [1.165, 1.54) is 0 Å². The van der Waals surface area contributed by atoms with Crippen molar-refractivity contribution in [1.29, 1.82) is 0 Å². The van der Waals surface area contributed by atoms with Crippen LogP contribution in [0, 0.1) is 0 Å². The Morgan fingerprint density at radius 2 is 1.91 bits per heavy atom. The maximum atomic E-state index is 11.2. The molecule has 0 bridgehead atoms. The van der Waals surface area contributed by atoms with Gasteiger partial charge in [0.05, 0.1) is 12.2 Å². The number of fused-ring (bicyclic) bond motifs is 1. The SMILES string of the molecule is COCCN1CCN(c2ccc3ccc(C(=O)O)cn23)CC1. The number of aromatic carboxylic acids is 1. The summed E-state index contributed by atoms with van der Waals surface area (Å²) in [4.78, 5) is 15.8. The molecule has 0 saturated carbocycles. The molecule has 118 valence electrons. The molecular formula is C16H21N3O3. The van der Waals surface area contributed by atoms with Crippen molar-refractivity contribution >= 4 is 17.3 Å². The van der Waals surface area contributed by atoms with Crippen LogP contribution in [0.2, 0.25) is 0 Å². The standard InChI is InChI=1S/C16H21N3O3/c1-22-11-10-17-6-8-18(9-7-17)15-5-4-14-3-2-13(16(20)21)12-19(14)15/h2-5,12H,6-11H2,1H3,(H,20,21). The molecule has 0 unspecified atom stereocenters. The molecule has 3 heterocycles. The van der Waals surface area contributed by atoms with E-state index < -0.39 is 5.97 Å². The molecule has 0 atom stereocenters. The van der Waals surface area contributed by atoms with Gasteiger partial charge in [-0.05, 0) is 24.3 Å². The van der Waals surface area contributed by atoms with Crippen LogP contribution in [0.4, 0.5) is 5.82 Å². The highest BCUT2D eigenvalue weighted by Gasteiger charge is 2.19. The second kappa shape index (κ2) is 6.37. The van der Waals surface area contributed by atoms with Crippen molar-refractivity contribution in [3.63, 3.8) is 0 Å². The van der Waals surface area contributed by atoms with E-state index in [0.29, 0.717) is 5.56 Å². The number of carboxylic acid groups (broad SMARTS) is 1. The molecule has 1 aliphatic rings. The fourth-order valence-corrected chi connectivity index (χ4v) is 2.89. The summed E-state index contributed by atoms with van der Waals surface area (Å²) in [5.74, 6) is 0.162. The lowest BCUT2D eigenvalue weighted by atomic mass is 10.3. The molecule has 0 radical (unpaired) electrons. The third-order valence-electron chi connectivity index (χ3n) is 4.18. The lowest BCUT2D eigenvalue weighted by molar-refractivity contribution is 0.0696. The van der Waals surface area contributed by atoms with Gasteiger partial charge in [-0.3, -0.25) is 4.90 Å². The smallest absolute Gasteiger partial charge is 0.337 e. The number of pyridine rings is 1. The zero-order valence-corrected chi connectivity index (χ0v) is 12.7. The summed E-state index contributed by atoms with van der Waals surface area (Å²) < 4.78 is 7.09. The summed E-state index contributed by atoms with van der Waals surface area (Å²) in [5, 5.41) is 9.15. The van der Waals surface area contributed by atoms with Gasteiger partial charge in [-0.2, -0.15) is 0 Å². The Labute approximate surface area is 129 Å². The molecule has 1 aliphatic heterocycles. The van der Waals surface area contributed by atoms with Crippen molar-refractivity contribution < 1.29 is 14.6 Å². The Morgan fingerprint density at radius 1 is 1.18 bits per heavy atom. The Kier molecular flexibility index (Phi) is 4.31. The van der Waals surface area contributed by atoms with Gasteiger partial charge in [-0.1, -0.05) is 0 Å². The second-order valence-corrected chi connectivity index (χ2v) is 5.53. The number of methoxy groups -OCH3 is 1. The fraction of sp³-hybridized carbons (Fsp3) is 0.438. The van der Waals surface area contributed by atoms with Crippen molar-refractivity contribution in [2.75, 3.05) is 51.3 Å². The van der Waals surface area contributed by atoms with Gasteiger partial charge in [-0.15, -0.1) is 0 Å². The fourth-order valence-electron chi connectivity index (χ4n) is 2.89. The first kappa shape index (κ1) is 14.9. The first-order chi connectivity index (χ1) is 10.7. The quantitative estimate of drug-likeness (QED) is 0.905. The van der Waals surface area contributed by atoms with Crippen LogP contribution in [0.25, 0.3) is 5.52 Å². The number of nitrogens with zero attached hydrogens (tertiary/aromatic N) is 3. The predicted octanol–water partition coefficient (Wildman–Crippen LogP) is 1.41. The Bertz CT molecular complexity index is 660. The van der Waals surface area contributed by atoms with Gasteiger partial charge in [0.2, 0.25) is 0 Å². The minimum absolute atomic E-state index is 0.309. The number of ether oxygens (including phenoxy) is 1. The van der Waals surface area contributed by atoms with E-state index in [1.54, 1.807) is 19.4 Å². The first-order valence-corrected chi connectivity index (χ1v) is 7.49. The van der Waals surface area contributed by atoms with Gasteiger partial charge in [0.15, 0.2) is 0 Å². The van der Waals surface area contributed by atoms with Crippen LogP contribution >= 0.6 is 0 Å². The van der Waals surface area contributed by atoms with Crippen molar-refractivity contribution in [1.82, 2.24) is 9.30 Å². The predicted molar refractivity (Wildman–Crippen MR) is 84.9 cm³/mol. The highest BCUT2D eigenvalue weighted by Crippen LogP contribution is 2.21. The zero-order chi connectivity index (χ0) is 15.5. The zero-order valence-electron chi connectivity index (χ0n) is 12.7. The lowest BCUT2D eigenvalue weighted by Gasteiger charge is -2.35. The topological polar surface area (TPSA) is 57.4 Å².